The van der Waals surface area contributed by atoms with Gasteiger partial charge in [-0.1, -0.05) is 23.7 Å². The molecular formula is C19H18ClF4N5O. The lowest BCUT2D eigenvalue weighted by Crippen LogP contribution is -2.22. The van der Waals surface area contributed by atoms with Gasteiger partial charge in [-0.3, -0.25) is 14.2 Å². The minimum Gasteiger partial charge on any atom is -0.321 e. The van der Waals surface area contributed by atoms with Crippen LogP contribution in [0, 0.1) is 13.8 Å². The maximum absolute atomic E-state index is 13.1. The molecule has 0 fully saturated rings. The predicted molar refractivity (Wildman–Crippen MR) is 103 cm³/mol. The van der Waals surface area contributed by atoms with Crippen LogP contribution in [0.2, 0.25) is 5.02 Å². The smallest absolute Gasteiger partial charge is 0.282 e. The standard InChI is InChI=1S/C19H18ClF4N5O/c1-10-17(11(2)28(26-10)8-12-4-3-5-13(20)6-12)25-16(30)9-29-15(19(23)24)7-14(27-29)18(21)22/h3-7,18-19H,8-9H2,1-2H3,(H,25,30). The molecule has 160 valence electrons. The van der Waals surface area contributed by atoms with Crippen molar-refractivity contribution in [2.24, 2.45) is 0 Å². The van der Waals surface area contributed by atoms with Crippen LogP contribution in [0.15, 0.2) is 30.3 Å². The molecule has 1 amide bonds. The van der Waals surface area contributed by atoms with Gasteiger partial charge < -0.3 is 5.32 Å². The van der Waals surface area contributed by atoms with E-state index in [0.717, 1.165) is 5.56 Å². The molecule has 30 heavy (non-hydrogen) atoms. The van der Waals surface area contributed by atoms with Crippen molar-refractivity contribution < 1.29 is 22.4 Å². The number of rotatable bonds is 7. The van der Waals surface area contributed by atoms with Crippen LogP contribution < -0.4 is 5.32 Å². The van der Waals surface area contributed by atoms with E-state index >= 15 is 0 Å². The molecule has 0 aliphatic carbocycles. The summed E-state index contributed by atoms with van der Waals surface area (Å²) in [5.74, 6) is -0.686. The average molecular weight is 444 g/mol. The number of hydrogen-bond acceptors (Lipinski definition) is 3. The van der Waals surface area contributed by atoms with Gasteiger partial charge in [0.1, 0.15) is 17.9 Å². The maximum atomic E-state index is 13.1. The second-order valence-corrected chi connectivity index (χ2v) is 7.07. The fourth-order valence-electron chi connectivity index (χ4n) is 3.02. The minimum absolute atomic E-state index is 0.412. The molecule has 0 atom stereocenters. The molecule has 3 rings (SSSR count). The Morgan fingerprint density at radius 2 is 1.83 bits per heavy atom. The van der Waals surface area contributed by atoms with E-state index in [4.69, 9.17) is 11.6 Å². The second-order valence-electron chi connectivity index (χ2n) is 6.63. The molecule has 0 unspecified atom stereocenters. The zero-order chi connectivity index (χ0) is 22.0. The number of aromatic nitrogens is 4. The SMILES string of the molecule is Cc1nn(Cc2cccc(Cl)c2)c(C)c1NC(=O)Cn1nc(C(F)F)cc1C(F)F. The maximum Gasteiger partial charge on any atom is 0.282 e. The molecule has 1 N–H and O–H groups in total. The molecule has 0 aliphatic heterocycles. The molecule has 11 heteroatoms. The van der Waals surface area contributed by atoms with Crippen molar-refractivity contribution in [2.45, 2.75) is 39.8 Å². The zero-order valence-electron chi connectivity index (χ0n) is 16.0. The number of nitrogens with one attached hydrogen (secondary N) is 1. The van der Waals surface area contributed by atoms with Gasteiger partial charge in [-0.2, -0.15) is 10.2 Å². The third-order valence-corrected chi connectivity index (χ3v) is 4.67. The first-order valence-corrected chi connectivity index (χ1v) is 9.25. The highest BCUT2D eigenvalue weighted by Crippen LogP contribution is 2.26. The van der Waals surface area contributed by atoms with Crippen LogP contribution in [0.5, 0.6) is 0 Å². The number of amides is 1. The quantitative estimate of drug-likeness (QED) is 0.527. The van der Waals surface area contributed by atoms with Gasteiger partial charge in [0.15, 0.2) is 0 Å². The number of halogens is 5. The molecule has 1 aromatic carbocycles. The van der Waals surface area contributed by atoms with Crippen LogP contribution in [0.4, 0.5) is 23.2 Å². The third kappa shape index (κ3) is 4.81. The molecule has 0 spiro atoms. The Balaban J connectivity index is 1.77. The first-order chi connectivity index (χ1) is 14.2. The minimum atomic E-state index is -3.04. The summed E-state index contributed by atoms with van der Waals surface area (Å²) in [6.45, 7) is 3.21. The summed E-state index contributed by atoms with van der Waals surface area (Å²) in [7, 11) is 0. The Hall–Kier alpha value is -2.88. The molecule has 0 saturated heterocycles. The molecule has 0 radical (unpaired) electrons. The lowest BCUT2D eigenvalue weighted by Gasteiger charge is -2.09. The summed E-state index contributed by atoms with van der Waals surface area (Å²) in [4.78, 5) is 12.4. The van der Waals surface area contributed by atoms with Crippen molar-refractivity contribution in [3.05, 3.63) is 63.7 Å². The lowest BCUT2D eigenvalue weighted by molar-refractivity contribution is -0.117. The van der Waals surface area contributed by atoms with E-state index in [1.807, 2.05) is 12.1 Å². The van der Waals surface area contributed by atoms with Gasteiger partial charge in [0.2, 0.25) is 5.91 Å². The molecule has 3 aromatic rings. The van der Waals surface area contributed by atoms with Crippen molar-refractivity contribution in [3.8, 4) is 0 Å². The second kappa shape index (κ2) is 8.86. The van der Waals surface area contributed by atoms with Crippen LogP contribution in [0.25, 0.3) is 0 Å². The van der Waals surface area contributed by atoms with E-state index in [-0.39, 0.29) is 0 Å². The van der Waals surface area contributed by atoms with Crippen LogP contribution in [-0.2, 0) is 17.9 Å². The molecule has 2 aromatic heterocycles. The van der Waals surface area contributed by atoms with Crippen molar-refractivity contribution in [1.82, 2.24) is 19.6 Å². The summed E-state index contributed by atoms with van der Waals surface area (Å²) >= 11 is 5.99. The Morgan fingerprint density at radius 3 is 2.47 bits per heavy atom. The first-order valence-electron chi connectivity index (χ1n) is 8.88. The third-order valence-electron chi connectivity index (χ3n) is 4.44. The molecular weight excluding hydrogens is 426 g/mol. The summed E-state index contributed by atoms with van der Waals surface area (Å²) < 4.78 is 54.0. The van der Waals surface area contributed by atoms with Gasteiger partial charge in [0, 0.05) is 5.02 Å². The van der Waals surface area contributed by atoms with Crippen molar-refractivity contribution in [1.29, 1.82) is 0 Å². The average Bonchev–Trinajstić information content (AvgIpc) is 3.19. The summed E-state index contributed by atoms with van der Waals surface area (Å²) in [5.41, 5.74) is 0.935. The number of nitrogens with zero attached hydrogens (tertiary/aromatic N) is 4. The van der Waals surface area contributed by atoms with E-state index in [9.17, 15) is 22.4 Å². The fraction of sp³-hybridized carbons (Fsp3) is 0.316. The predicted octanol–water partition coefficient (Wildman–Crippen LogP) is 4.91. The van der Waals surface area contributed by atoms with Crippen LogP contribution in [-0.4, -0.2) is 25.5 Å². The van der Waals surface area contributed by atoms with Gasteiger partial charge in [-0.15, -0.1) is 0 Å². The number of aryl methyl sites for hydroxylation is 1. The molecule has 0 aliphatic rings. The number of alkyl halides is 4. The van der Waals surface area contributed by atoms with E-state index in [1.165, 1.54) is 0 Å². The highest BCUT2D eigenvalue weighted by molar-refractivity contribution is 6.30. The summed E-state index contributed by atoms with van der Waals surface area (Å²) in [6.07, 6.45) is -6.05. The molecule has 2 heterocycles. The molecule has 0 saturated carbocycles. The number of hydrogen-bond donors (Lipinski definition) is 1. The van der Waals surface area contributed by atoms with Crippen molar-refractivity contribution >= 4 is 23.2 Å². The highest BCUT2D eigenvalue weighted by atomic mass is 35.5. The number of carbonyl (C=O) groups excluding carboxylic acids is 1. The van der Waals surface area contributed by atoms with E-state index < -0.39 is 36.7 Å². The van der Waals surface area contributed by atoms with Crippen LogP contribution >= 0.6 is 11.6 Å². The van der Waals surface area contributed by atoms with Crippen LogP contribution in [0.3, 0.4) is 0 Å². The lowest BCUT2D eigenvalue weighted by atomic mass is 10.2. The number of benzene rings is 1. The van der Waals surface area contributed by atoms with Gasteiger partial charge in [0.05, 0.1) is 23.6 Å². The van der Waals surface area contributed by atoms with Crippen molar-refractivity contribution in [3.63, 3.8) is 0 Å². The number of carbonyl (C=O) groups is 1. The Morgan fingerprint density at radius 1 is 1.10 bits per heavy atom. The van der Waals surface area contributed by atoms with Crippen LogP contribution in [0.1, 0.15) is 41.2 Å². The summed E-state index contributed by atoms with van der Waals surface area (Å²) in [6, 6.07) is 7.83. The fourth-order valence-corrected chi connectivity index (χ4v) is 3.23. The van der Waals surface area contributed by atoms with Gasteiger partial charge in [-0.05, 0) is 37.6 Å². The van der Waals surface area contributed by atoms with Crippen molar-refractivity contribution in [2.75, 3.05) is 5.32 Å². The topological polar surface area (TPSA) is 64.7 Å². The van der Waals surface area contributed by atoms with E-state index in [1.54, 1.807) is 30.7 Å². The van der Waals surface area contributed by atoms with Gasteiger partial charge in [0.25, 0.3) is 12.9 Å². The summed E-state index contributed by atoms with van der Waals surface area (Å²) in [5, 5.41) is 11.0. The highest BCUT2D eigenvalue weighted by Gasteiger charge is 2.23. The first kappa shape index (κ1) is 21.8. The molecule has 6 nitrogen and oxygen atoms in total. The molecule has 0 bridgehead atoms. The van der Waals surface area contributed by atoms with Gasteiger partial charge >= 0.3 is 0 Å². The Labute approximate surface area is 174 Å². The van der Waals surface area contributed by atoms with E-state index in [2.05, 4.69) is 15.5 Å². The van der Waals surface area contributed by atoms with E-state index in [0.29, 0.717) is 39.4 Å². The number of anilines is 1. The van der Waals surface area contributed by atoms with Gasteiger partial charge in [-0.25, -0.2) is 17.6 Å². The normalized spacial score (nSPS) is 11.5. The zero-order valence-corrected chi connectivity index (χ0v) is 16.8. The Kier molecular flexibility index (Phi) is 6.45. The largest absolute Gasteiger partial charge is 0.321 e. The Bertz CT molecular complexity index is 1060. The monoisotopic (exact) mass is 443 g/mol.